The van der Waals surface area contributed by atoms with E-state index < -0.39 is 0 Å². The Kier molecular flexibility index (Phi) is 7.73. The lowest BCUT2D eigenvalue weighted by molar-refractivity contribution is 0.0325. The van der Waals surface area contributed by atoms with E-state index in [1.807, 2.05) is 39.2 Å². The zero-order chi connectivity index (χ0) is 24.9. The standard InChI is InChI=1S/C27H31FN4O3/c1-18-14-32(19(2)17-33)27(34)24-11-22(21-6-8-23(28)9-7-21)13-30-26(24)35-25(18)16-31(3)15-20-5-4-10-29-12-20/h4-13,18-19,25,33H,14-17H2,1-3H3/t18-,19+,25-/m0/s1. The van der Waals surface area contributed by atoms with Crippen LogP contribution in [-0.4, -0.2) is 69.7 Å². The highest BCUT2D eigenvalue weighted by molar-refractivity contribution is 5.98. The fourth-order valence-electron chi connectivity index (χ4n) is 4.30. The van der Waals surface area contributed by atoms with Crippen molar-refractivity contribution in [2.75, 3.05) is 26.7 Å². The molecule has 0 bridgehead atoms. The molecule has 1 amide bonds. The first-order chi connectivity index (χ1) is 16.9. The Morgan fingerprint density at radius 2 is 2.00 bits per heavy atom. The molecule has 1 N–H and O–H groups in total. The second kappa shape index (κ2) is 10.9. The molecule has 3 heterocycles. The first-order valence-corrected chi connectivity index (χ1v) is 11.8. The van der Waals surface area contributed by atoms with Gasteiger partial charge in [-0.15, -0.1) is 0 Å². The Balaban J connectivity index is 1.65. The third kappa shape index (κ3) is 5.83. The van der Waals surface area contributed by atoms with Crippen LogP contribution >= 0.6 is 0 Å². The van der Waals surface area contributed by atoms with Gasteiger partial charge in [0.1, 0.15) is 17.5 Å². The number of aliphatic hydroxyl groups excluding tert-OH is 1. The maximum atomic E-state index is 13.6. The Labute approximate surface area is 205 Å². The fourth-order valence-corrected chi connectivity index (χ4v) is 4.30. The van der Waals surface area contributed by atoms with E-state index in [2.05, 4.69) is 14.9 Å². The highest BCUT2D eigenvalue weighted by Crippen LogP contribution is 2.30. The molecule has 1 aromatic carbocycles. The first-order valence-electron chi connectivity index (χ1n) is 11.8. The molecule has 7 nitrogen and oxygen atoms in total. The molecule has 2 aromatic heterocycles. The van der Waals surface area contributed by atoms with Crippen LogP contribution in [0.1, 0.15) is 29.8 Å². The van der Waals surface area contributed by atoms with Gasteiger partial charge >= 0.3 is 0 Å². The van der Waals surface area contributed by atoms with Crippen LogP contribution in [0.5, 0.6) is 5.88 Å². The number of aromatic nitrogens is 2. The molecule has 4 rings (SSSR count). The number of carbonyl (C=O) groups excluding carboxylic acids is 1. The van der Waals surface area contributed by atoms with Crippen LogP contribution in [-0.2, 0) is 6.54 Å². The molecule has 0 saturated heterocycles. The predicted octanol–water partition coefficient (Wildman–Crippen LogP) is 3.63. The number of rotatable bonds is 7. The number of likely N-dealkylation sites (N-methyl/N-ethyl adjacent to an activating group) is 1. The largest absolute Gasteiger partial charge is 0.472 e. The third-order valence-electron chi connectivity index (χ3n) is 6.37. The molecular weight excluding hydrogens is 447 g/mol. The van der Waals surface area contributed by atoms with Gasteiger partial charge in [0.2, 0.25) is 5.88 Å². The minimum Gasteiger partial charge on any atom is -0.472 e. The van der Waals surface area contributed by atoms with Gasteiger partial charge in [-0.3, -0.25) is 14.7 Å². The zero-order valence-electron chi connectivity index (χ0n) is 20.3. The molecule has 0 saturated carbocycles. The molecule has 0 unspecified atom stereocenters. The fraction of sp³-hybridized carbons (Fsp3) is 0.370. The van der Waals surface area contributed by atoms with E-state index >= 15 is 0 Å². The molecular formula is C27H31FN4O3. The quantitative estimate of drug-likeness (QED) is 0.559. The molecule has 1 aliphatic heterocycles. The van der Waals surface area contributed by atoms with Gasteiger partial charge in [-0.05, 0) is 49.4 Å². The number of halogens is 1. The van der Waals surface area contributed by atoms with Crippen LogP contribution in [0.3, 0.4) is 0 Å². The normalized spacial score (nSPS) is 19.0. The van der Waals surface area contributed by atoms with Gasteiger partial charge in [0.05, 0.1) is 12.6 Å². The smallest absolute Gasteiger partial charge is 0.259 e. The van der Waals surface area contributed by atoms with Gasteiger partial charge in [0, 0.05) is 49.7 Å². The summed E-state index contributed by atoms with van der Waals surface area (Å²) in [5.74, 6) is -0.312. The maximum Gasteiger partial charge on any atom is 0.259 e. The third-order valence-corrected chi connectivity index (χ3v) is 6.37. The first kappa shape index (κ1) is 24.8. The second-order valence-electron chi connectivity index (χ2n) is 9.26. The Bertz CT molecular complexity index is 1140. The SMILES string of the molecule is C[C@H](CO)N1C[C@H](C)[C@H](CN(C)Cc2cccnc2)Oc2ncc(-c3ccc(F)cc3)cc2C1=O. The molecule has 0 radical (unpaired) electrons. The lowest BCUT2D eigenvalue weighted by Crippen LogP contribution is -2.49. The monoisotopic (exact) mass is 478 g/mol. The van der Waals surface area contributed by atoms with Gasteiger partial charge in [-0.1, -0.05) is 25.1 Å². The van der Waals surface area contributed by atoms with Gasteiger partial charge in [0.15, 0.2) is 0 Å². The second-order valence-corrected chi connectivity index (χ2v) is 9.26. The van der Waals surface area contributed by atoms with E-state index in [0.29, 0.717) is 30.8 Å². The lowest BCUT2D eigenvalue weighted by Gasteiger charge is -2.37. The number of benzene rings is 1. The molecule has 0 fully saturated rings. The minimum atomic E-state index is -0.362. The molecule has 3 atom stereocenters. The Hall–Kier alpha value is -3.36. The summed E-state index contributed by atoms with van der Waals surface area (Å²) in [7, 11) is 2.02. The molecule has 0 aliphatic carbocycles. The van der Waals surface area contributed by atoms with Crippen LogP contribution in [0, 0.1) is 11.7 Å². The van der Waals surface area contributed by atoms with Crippen LogP contribution in [0.4, 0.5) is 4.39 Å². The number of aliphatic hydroxyl groups is 1. The zero-order valence-corrected chi connectivity index (χ0v) is 20.3. The molecule has 3 aromatic rings. The Morgan fingerprint density at radius 3 is 2.69 bits per heavy atom. The van der Waals surface area contributed by atoms with Crippen LogP contribution in [0.2, 0.25) is 0 Å². The predicted molar refractivity (Wildman–Crippen MR) is 131 cm³/mol. The van der Waals surface area contributed by atoms with Crippen LogP contribution < -0.4 is 4.74 Å². The van der Waals surface area contributed by atoms with Crippen LogP contribution in [0.15, 0.2) is 61.1 Å². The Morgan fingerprint density at radius 1 is 1.23 bits per heavy atom. The van der Waals surface area contributed by atoms with Gasteiger partial charge in [-0.2, -0.15) is 0 Å². The number of hydrogen-bond acceptors (Lipinski definition) is 6. The topological polar surface area (TPSA) is 78.8 Å². The van der Waals surface area contributed by atoms with Crippen molar-refractivity contribution in [2.24, 2.45) is 5.92 Å². The summed E-state index contributed by atoms with van der Waals surface area (Å²) in [6.07, 6.45) is 5.00. The number of pyridine rings is 2. The van der Waals surface area contributed by atoms with Crippen molar-refractivity contribution < 1.29 is 19.0 Å². The van der Waals surface area contributed by atoms with Crippen molar-refractivity contribution in [2.45, 2.75) is 32.5 Å². The van der Waals surface area contributed by atoms with Crippen molar-refractivity contribution in [3.05, 3.63) is 78.0 Å². The number of ether oxygens (including phenoxy) is 1. The average molecular weight is 479 g/mol. The summed E-state index contributed by atoms with van der Waals surface area (Å²) in [6.45, 7) is 5.49. The highest BCUT2D eigenvalue weighted by atomic mass is 19.1. The van der Waals surface area contributed by atoms with Gasteiger partial charge < -0.3 is 14.7 Å². The number of carbonyl (C=O) groups is 1. The summed E-state index contributed by atoms with van der Waals surface area (Å²) in [4.78, 5) is 26.1. The lowest BCUT2D eigenvalue weighted by atomic mass is 9.99. The molecule has 35 heavy (non-hydrogen) atoms. The van der Waals surface area contributed by atoms with E-state index in [1.54, 1.807) is 35.5 Å². The van der Waals surface area contributed by atoms with Gasteiger partial charge in [0.25, 0.3) is 5.91 Å². The van der Waals surface area contributed by atoms with Crippen molar-refractivity contribution in [3.63, 3.8) is 0 Å². The minimum absolute atomic E-state index is 0.00368. The highest BCUT2D eigenvalue weighted by Gasteiger charge is 2.34. The molecule has 8 heteroatoms. The number of amides is 1. The summed E-state index contributed by atoms with van der Waals surface area (Å²) < 4.78 is 19.8. The number of fused-ring (bicyclic) bond motifs is 1. The van der Waals surface area contributed by atoms with E-state index in [0.717, 1.165) is 11.1 Å². The molecule has 184 valence electrons. The summed E-state index contributed by atoms with van der Waals surface area (Å²) >= 11 is 0. The van der Waals surface area contributed by atoms with Crippen molar-refractivity contribution >= 4 is 5.91 Å². The number of nitrogens with zero attached hydrogens (tertiary/aromatic N) is 4. The van der Waals surface area contributed by atoms with E-state index in [9.17, 15) is 14.3 Å². The van der Waals surface area contributed by atoms with Crippen molar-refractivity contribution in [1.82, 2.24) is 19.8 Å². The van der Waals surface area contributed by atoms with E-state index in [-0.39, 0.29) is 42.3 Å². The van der Waals surface area contributed by atoms with Crippen molar-refractivity contribution in [3.8, 4) is 17.0 Å². The van der Waals surface area contributed by atoms with Crippen LogP contribution in [0.25, 0.3) is 11.1 Å². The molecule has 1 aliphatic rings. The number of hydrogen-bond donors (Lipinski definition) is 1. The average Bonchev–Trinajstić information content (AvgIpc) is 2.86. The van der Waals surface area contributed by atoms with Crippen molar-refractivity contribution in [1.29, 1.82) is 0 Å². The molecule has 0 spiro atoms. The van der Waals surface area contributed by atoms with E-state index in [4.69, 9.17) is 4.74 Å². The van der Waals surface area contributed by atoms with E-state index in [1.165, 1.54) is 12.1 Å². The summed E-state index contributed by atoms with van der Waals surface area (Å²) in [5.41, 5.74) is 2.87. The maximum absolute atomic E-state index is 13.6. The van der Waals surface area contributed by atoms with Gasteiger partial charge in [-0.25, -0.2) is 9.37 Å². The summed E-state index contributed by atoms with van der Waals surface area (Å²) in [6, 6.07) is 11.4. The summed E-state index contributed by atoms with van der Waals surface area (Å²) in [5, 5.41) is 9.84.